The predicted octanol–water partition coefficient (Wildman–Crippen LogP) is 4.31. The van der Waals surface area contributed by atoms with E-state index in [0.29, 0.717) is 54.1 Å². The molecule has 0 aliphatic carbocycles. The summed E-state index contributed by atoms with van der Waals surface area (Å²) < 4.78 is 23.7. The van der Waals surface area contributed by atoms with Crippen LogP contribution in [0.15, 0.2) is 48.8 Å². The Morgan fingerprint density at radius 2 is 1.70 bits per heavy atom. The van der Waals surface area contributed by atoms with E-state index in [1.165, 1.54) is 32.7 Å². The largest absolute Gasteiger partial charge is 0.495 e. The van der Waals surface area contributed by atoms with Gasteiger partial charge in [-0.15, -0.1) is 0 Å². The molecule has 1 fully saturated rings. The Balaban J connectivity index is 1.40. The molecule has 8 nitrogen and oxygen atoms in total. The molecule has 0 radical (unpaired) electrons. The van der Waals surface area contributed by atoms with E-state index in [0.717, 1.165) is 11.4 Å². The number of anilines is 2. The van der Waals surface area contributed by atoms with Crippen molar-refractivity contribution in [3.63, 3.8) is 0 Å². The van der Waals surface area contributed by atoms with Crippen molar-refractivity contribution in [2.24, 2.45) is 0 Å². The topological polar surface area (TPSA) is 79.8 Å². The molecule has 2 amide bonds. The maximum absolute atomic E-state index is 13.2. The molecule has 10 heteroatoms. The van der Waals surface area contributed by atoms with Gasteiger partial charge >= 0.3 is 6.03 Å². The van der Waals surface area contributed by atoms with Crippen molar-refractivity contribution in [3.05, 3.63) is 59.6 Å². The Bertz CT molecular complexity index is 1140. The zero-order valence-electron chi connectivity index (χ0n) is 18.2. The first kappa shape index (κ1) is 22.6. The highest BCUT2D eigenvalue weighted by atomic mass is 35.5. The van der Waals surface area contributed by atoms with Gasteiger partial charge in [-0.1, -0.05) is 11.6 Å². The van der Waals surface area contributed by atoms with Crippen LogP contribution in [0.5, 0.6) is 11.5 Å². The lowest BCUT2D eigenvalue weighted by atomic mass is 10.1. The molecule has 1 aliphatic heterocycles. The smallest absolute Gasteiger partial charge is 0.322 e. The summed E-state index contributed by atoms with van der Waals surface area (Å²) in [6.07, 6.45) is 1.49. The van der Waals surface area contributed by atoms with Crippen molar-refractivity contribution in [2.75, 3.05) is 50.6 Å². The second kappa shape index (κ2) is 9.91. The van der Waals surface area contributed by atoms with Gasteiger partial charge in [0.15, 0.2) is 0 Å². The van der Waals surface area contributed by atoms with Crippen LogP contribution in [0.25, 0.3) is 11.3 Å². The summed E-state index contributed by atoms with van der Waals surface area (Å²) in [6, 6.07) is 11.0. The molecule has 0 spiro atoms. The number of urea groups is 1. The molecule has 1 aliphatic rings. The van der Waals surface area contributed by atoms with Crippen LogP contribution in [0.1, 0.15) is 0 Å². The highest BCUT2D eigenvalue weighted by Gasteiger charge is 2.23. The Kier molecular flexibility index (Phi) is 6.79. The summed E-state index contributed by atoms with van der Waals surface area (Å²) in [4.78, 5) is 25.3. The summed E-state index contributed by atoms with van der Waals surface area (Å²) in [5.41, 5.74) is 1.99. The average molecular weight is 472 g/mol. The maximum atomic E-state index is 13.2. The first-order valence-electron chi connectivity index (χ1n) is 10.3. The molecule has 2 heterocycles. The summed E-state index contributed by atoms with van der Waals surface area (Å²) in [6.45, 7) is 2.23. The fourth-order valence-corrected chi connectivity index (χ4v) is 3.83. The van der Waals surface area contributed by atoms with E-state index in [2.05, 4.69) is 20.2 Å². The minimum atomic E-state index is -0.294. The predicted molar refractivity (Wildman–Crippen MR) is 125 cm³/mol. The number of methoxy groups -OCH3 is 2. The van der Waals surface area contributed by atoms with Crippen LogP contribution in [-0.2, 0) is 0 Å². The number of hydrogen-bond acceptors (Lipinski definition) is 6. The molecule has 4 rings (SSSR count). The number of carbonyl (C=O) groups is 1. The number of hydrogen-bond donors (Lipinski definition) is 1. The number of piperazine rings is 1. The van der Waals surface area contributed by atoms with Crippen molar-refractivity contribution < 1.29 is 18.7 Å². The highest BCUT2D eigenvalue weighted by molar-refractivity contribution is 6.32. The van der Waals surface area contributed by atoms with Gasteiger partial charge in [0.05, 0.1) is 30.6 Å². The van der Waals surface area contributed by atoms with Crippen molar-refractivity contribution in [1.82, 2.24) is 14.9 Å². The summed E-state index contributed by atoms with van der Waals surface area (Å²) in [7, 11) is 3.03. The molecule has 33 heavy (non-hydrogen) atoms. The van der Waals surface area contributed by atoms with Crippen molar-refractivity contribution in [3.8, 4) is 22.8 Å². The Hall–Kier alpha value is -3.59. The highest BCUT2D eigenvalue weighted by Crippen LogP contribution is 2.36. The minimum Gasteiger partial charge on any atom is -0.495 e. The lowest BCUT2D eigenvalue weighted by molar-refractivity contribution is 0.208. The van der Waals surface area contributed by atoms with Crippen LogP contribution in [-0.4, -0.2) is 61.3 Å². The van der Waals surface area contributed by atoms with Gasteiger partial charge in [-0.25, -0.2) is 19.2 Å². The van der Waals surface area contributed by atoms with E-state index in [9.17, 15) is 9.18 Å². The van der Waals surface area contributed by atoms with Gasteiger partial charge in [-0.05, 0) is 30.3 Å². The van der Waals surface area contributed by atoms with Gasteiger partial charge in [0.2, 0.25) is 0 Å². The second-order valence-electron chi connectivity index (χ2n) is 7.36. The zero-order valence-corrected chi connectivity index (χ0v) is 19.0. The third kappa shape index (κ3) is 5.09. The number of nitrogens with zero attached hydrogens (tertiary/aromatic N) is 4. The molecule has 2 aromatic carbocycles. The van der Waals surface area contributed by atoms with E-state index in [4.69, 9.17) is 21.1 Å². The van der Waals surface area contributed by atoms with Crippen molar-refractivity contribution in [2.45, 2.75) is 0 Å². The Morgan fingerprint density at radius 1 is 1.00 bits per heavy atom. The fraction of sp³-hybridized carbons (Fsp3) is 0.261. The maximum Gasteiger partial charge on any atom is 0.322 e. The molecule has 0 saturated carbocycles. The van der Waals surface area contributed by atoms with E-state index >= 15 is 0 Å². The fourth-order valence-electron chi connectivity index (χ4n) is 3.59. The molecule has 0 atom stereocenters. The lowest BCUT2D eigenvalue weighted by Gasteiger charge is -2.35. The normalized spacial score (nSPS) is 13.6. The molecule has 1 aromatic heterocycles. The first-order chi connectivity index (χ1) is 16.0. The first-order valence-corrected chi connectivity index (χ1v) is 10.7. The van der Waals surface area contributed by atoms with E-state index < -0.39 is 0 Å². The molecule has 0 bridgehead atoms. The van der Waals surface area contributed by atoms with Crippen LogP contribution >= 0.6 is 11.6 Å². The van der Waals surface area contributed by atoms with Gasteiger partial charge < -0.3 is 24.6 Å². The molecular formula is C23H23ClFN5O3. The third-order valence-electron chi connectivity index (χ3n) is 5.40. The third-order valence-corrected chi connectivity index (χ3v) is 5.69. The second-order valence-corrected chi connectivity index (χ2v) is 7.77. The Morgan fingerprint density at radius 3 is 2.36 bits per heavy atom. The minimum absolute atomic E-state index is 0.246. The van der Waals surface area contributed by atoms with Crippen LogP contribution in [0.3, 0.4) is 0 Å². The Labute approximate surface area is 195 Å². The standard InChI is InChI=1S/C23H23ClFN5O3/c1-32-20-13-21(33-2)19(11-17(20)24)28-23(31)30-9-7-29(8-10-30)22-12-18(26-14-27-22)15-3-5-16(25)6-4-15/h3-6,11-14H,7-10H2,1-2H3,(H,28,31). The molecule has 3 aromatic rings. The van der Waals surface area contributed by atoms with Gasteiger partial charge in [-0.3, -0.25) is 0 Å². The van der Waals surface area contributed by atoms with Gasteiger partial charge in [0.1, 0.15) is 29.5 Å². The number of amides is 2. The van der Waals surface area contributed by atoms with Crippen LogP contribution in [0, 0.1) is 5.82 Å². The van der Waals surface area contributed by atoms with E-state index in [-0.39, 0.29) is 11.8 Å². The van der Waals surface area contributed by atoms with Crippen LogP contribution in [0.4, 0.5) is 20.7 Å². The number of carbonyl (C=O) groups excluding carboxylic acids is 1. The quantitative estimate of drug-likeness (QED) is 0.597. The summed E-state index contributed by atoms with van der Waals surface area (Å²) >= 11 is 6.20. The van der Waals surface area contributed by atoms with Gasteiger partial charge in [0, 0.05) is 43.9 Å². The van der Waals surface area contributed by atoms with E-state index in [1.807, 2.05) is 6.07 Å². The summed E-state index contributed by atoms with van der Waals surface area (Å²) in [5, 5.41) is 3.23. The molecule has 172 valence electrons. The molecule has 1 saturated heterocycles. The number of aromatic nitrogens is 2. The zero-order chi connectivity index (χ0) is 23.4. The number of rotatable bonds is 5. The van der Waals surface area contributed by atoms with E-state index in [1.54, 1.807) is 29.2 Å². The van der Waals surface area contributed by atoms with Gasteiger partial charge in [0.25, 0.3) is 0 Å². The summed E-state index contributed by atoms with van der Waals surface area (Å²) in [5.74, 6) is 1.38. The molecule has 0 unspecified atom stereocenters. The monoisotopic (exact) mass is 471 g/mol. The van der Waals surface area contributed by atoms with Crippen molar-refractivity contribution in [1.29, 1.82) is 0 Å². The van der Waals surface area contributed by atoms with Crippen molar-refractivity contribution >= 4 is 29.1 Å². The van der Waals surface area contributed by atoms with Gasteiger partial charge in [-0.2, -0.15) is 0 Å². The van der Waals surface area contributed by atoms with Crippen LogP contribution < -0.4 is 19.7 Å². The number of nitrogens with one attached hydrogen (secondary N) is 1. The number of halogens is 2. The lowest BCUT2D eigenvalue weighted by Crippen LogP contribution is -2.50. The molecule has 1 N–H and O–H groups in total. The number of ether oxygens (including phenoxy) is 2. The number of benzene rings is 2. The van der Waals surface area contributed by atoms with Crippen LogP contribution in [0.2, 0.25) is 5.02 Å². The molecular weight excluding hydrogens is 449 g/mol. The SMILES string of the molecule is COc1cc(OC)c(NC(=O)N2CCN(c3cc(-c4ccc(F)cc4)ncn3)CC2)cc1Cl. The average Bonchev–Trinajstić information content (AvgIpc) is 2.85.